The van der Waals surface area contributed by atoms with Crippen LogP contribution in [-0.2, 0) is 0 Å². The third-order valence-electron chi connectivity index (χ3n) is 3.79. The van der Waals surface area contributed by atoms with Crippen LogP contribution in [0.1, 0.15) is 71.6 Å². The Morgan fingerprint density at radius 2 is 1.60 bits per heavy atom. The first kappa shape index (κ1) is 13.0. The third-order valence-corrected chi connectivity index (χ3v) is 3.79. The fraction of sp³-hybridized carbons (Fsp3) is 1.00. The second-order valence-electron chi connectivity index (χ2n) is 5.10. The van der Waals surface area contributed by atoms with Gasteiger partial charge in [-0.1, -0.05) is 52.4 Å². The van der Waals surface area contributed by atoms with Gasteiger partial charge in [0, 0.05) is 6.04 Å². The normalized spacial score (nSPS) is 26.0. The largest absolute Gasteiger partial charge is 0.314 e. The molecule has 0 aromatic rings. The maximum Gasteiger partial charge on any atom is 0.00958 e. The molecule has 1 saturated heterocycles. The standard InChI is InChI=1S/C14H29N/c1-3-5-7-9-13-11-12-15-14(13)10-8-6-4-2/h13-15H,3-12H2,1-2H3. The number of nitrogens with one attached hydrogen (secondary N) is 1. The molecular formula is C14H29N. The summed E-state index contributed by atoms with van der Waals surface area (Å²) in [6, 6.07) is 0.855. The highest BCUT2D eigenvalue weighted by molar-refractivity contribution is 4.83. The molecule has 90 valence electrons. The zero-order valence-electron chi connectivity index (χ0n) is 10.7. The van der Waals surface area contributed by atoms with Gasteiger partial charge in [-0.25, -0.2) is 0 Å². The lowest BCUT2D eigenvalue weighted by Crippen LogP contribution is -2.26. The first-order valence-electron chi connectivity index (χ1n) is 7.11. The molecule has 2 atom stereocenters. The molecule has 0 aromatic heterocycles. The van der Waals surface area contributed by atoms with E-state index in [4.69, 9.17) is 0 Å². The number of hydrogen-bond donors (Lipinski definition) is 1. The Labute approximate surface area is 96.0 Å². The van der Waals surface area contributed by atoms with Gasteiger partial charge in [0.05, 0.1) is 0 Å². The minimum Gasteiger partial charge on any atom is -0.314 e. The summed E-state index contributed by atoms with van der Waals surface area (Å²) in [5, 5.41) is 3.69. The molecule has 1 heterocycles. The van der Waals surface area contributed by atoms with Gasteiger partial charge in [0.1, 0.15) is 0 Å². The molecule has 0 bridgehead atoms. The smallest absolute Gasteiger partial charge is 0.00958 e. The van der Waals surface area contributed by atoms with Crippen molar-refractivity contribution in [2.75, 3.05) is 6.54 Å². The van der Waals surface area contributed by atoms with E-state index in [1.165, 1.54) is 64.3 Å². The van der Waals surface area contributed by atoms with E-state index in [2.05, 4.69) is 19.2 Å². The zero-order chi connectivity index (χ0) is 10.9. The summed E-state index contributed by atoms with van der Waals surface area (Å²) < 4.78 is 0. The van der Waals surface area contributed by atoms with Gasteiger partial charge in [-0.3, -0.25) is 0 Å². The van der Waals surface area contributed by atoms with Crippen LogP contribution in [0.3, 0.4) is 0 Å². The molecule has 1 aliphatic rings. The summed E-state index contributed by atoms with van der Waals surface area (Å²) in [6.45, 7) is 5.86. The van der Waals surface area contributed by atoms with Crippen LogP contribution in [-0.4, -0.2) is 12.6 Å². The van der Waals surface area contributed by atoms with Gasteiger partial charge in [0.2, 0.25) is 0 Å². The highest BCUT2D eigenvalue weighted by Gasteiger charge is 2.25. The highest BCUT2D eigenvalue weighted by atomic mass is 14.9. The van der Waals surface area contributed by atoms with Gasteiger partial charge in [-0.15, -0.1) is 0 Å². The zero-order valence-corrected chi connectivity index (χ0v) is 10.7. The van der Waals surface area contributed by atoms with Crippen LogP contribution < -0.4 is 5.32 Å². The van der Waals surface area contributed by atoms with E-state index in [0.717, 1.165) is 12.0 Å². The van der Waals surface area contributed by atoms with Crippen LogP contribution in [0, 0.1) is 5.92 Å². The van der Waals surface area contributed by atoms with E-state index >= 15 is 0 Å². The van der Waals surface area contributed by atoms with Gasteiger partial charge >= 0.3 is 0 Å². The van der Waals surface area contributed by atoms with Gasteiger partial charge in [0.15, 0.2) is 0 Å². The summed E-state index contributed by atoms with van der Waals surface area (Å²) in [6.07, 6.45) is 12.8. The van der Waals surface area contributed by atoms with Crippen molar-refractivity contribution >= 4 is 0 Å². The molecule has 1 N–H and O–H groups in total. The van der Waals surface area contributed by atoms with Crippen molar-refractivity contribution in [1.29, 1.82) is 0 Å². The Kier molecular flexibility index (Phi) is 7.08. The summed E-state index contributed by atoms with van der Waals surface area (Å²) in [7, 11) is 0. The maximum absolute atomic E-state index is 3.69. The number of rotatable bonds is 8. The molecule has 0 aromatic carbocycles. The van der Waals surface area contributed by atoms with E-state index in [0.29, 0.717) is 0 Å². The van der Waals surface area contributed by atoms with E-state index in [9.17, 15) is 0 Å². The van der Waals surface area contributed by atoms with Gasteiger partial charge in [0.25, 0.3) is 0 Å². The van der Waals surface area contributed by atoms with E-state index in [-0.39, 0.29) is 0 Å². The summed E-state index contributed by atoms with van der Waals surface area (Å²) in [5.74, 6) is 0.994. The van der Waals surface area contributed by atoms with E-state index < -0.39 is 0 Å². The number of unbranched alkanes of at least 4 members (excludes halogenated alkanes) is 4. The Bertz CT molecular complexity index is 128. The van der Waals surface area contributed by atoms with Crippen LogP contribution in [0.5, 0.6) is 0 Å². The molecule has 1 rings (SSSR count). The average Bonchev–Trinajstić information content (AvgIpc) is 2.67. The Morgan fingerprint density at radius 1 is 0.933 bits per heavy atom. The molecule has 0 radical (unpaired) electrons. The average molecular weight is 211 g/mol. The van der Waals surface area contributed by atoms with Gasteiger partial charge in [-0.2, -0.15) is 0 Å². The lowest BCUT2D eigenvalue weighted by molar-refractivity contribution is 0.375. The number of hydrogen-bond acceptors (Lipinski definition) is 1. The molecular weight excluding hydrogens is 182 g/mol. The Morgan fingerprint density at radius 3 is 2.27 bits per heavy atom. The van der Waals surface area contributed by atoms with E-state index in [1.54, 1.807) is 0 Å². The van der Waals surface area contributed by atoms with Crippen molar-refractivity contribution < 1.29 is 0 Å². The van der Waals surface area contributed by atoms with Crippen molar-refractivity contribution in [1.82, 2.24) is 5.32 Å². The monoisotopic (exact) mass is 211 g/mol. The second-order valence-corrected chi connectivity index (χ2v) is 5.10. The van der Waals surface area contributed by atoms with Crippen LogP contribution >= 0.6 is 0 Å². The molecule has 2 unspecified atom stereocenters. The SMILES string of the molecule is CCCCCC1CCNC1CCCCC. The molecule has 1 fully saturated rings. The Hall–Kier alpha value is -0.0400. The maximum atomic E-state index is 3.69. The van der Waals surface area contributed by atoms with Crippen molar-refractivity contribution in [3.05, 3.63) is 0 Å². The van der Waals surface area contributed by atoms with Crippen molar-refractivity contribution in [3.8, 4) is 0 Å². The summed E-state index contributed by atoms with van der Waals surface area (Å²) in [5.41, 5.74) is 0. The molecule has 1 heteroatoms. The van der Waals surface area contributed by atoms with Crippen molar-refractivity contribution in [2.45, 2.75) is 77.7 Å². The van der Waals surface area contributed by atoms with Crippen LogP contribution in [0.15, 0.2) is 0 Å². The Balaban J connectivity index is 2.11. The highest BCUT2D eigenvalue weighted by Crippen LogP contribution is 2.25. The summed E-state index contributed by atoms with van der Waals surface area (Å²) >= 11 is 0. The third kappa shape index (κ3) is 5.01. The molecule has 1 aliphatic heterocycles. The van der Waals surface area contributed by atoms with Crippen molar-refractivity contribution in [2.24, 2.45) is 5.92 Å². The fourth-order valence-electron chi connectivity index (χ4n) is 2.78. The minimum atomic E-state index is 0.855. The quantitative estimate of drug-likeness (QED) is 0.595. The lowest BCUT2D eigenvalue weighted by Gasteiger charge is -2.19. The fourth-order valence-corrected chi connectivity index (χ4v) is 2.78. The summed E-state index contributed by atoms with van der Waals surface area (Å²) in [4.78, 5) is 0. The lowest BCUT2D eigenvalue weighted by atomic mass is 9.91. The van der Waals surface area contributed by atoms with Crippen LogP contribution in [0.4, 0.5) is 0 Å². The molecule has 0 amide bonds. The minimum absolute atomic E-state index is 0.855. The molecule has 0 saturated carbocycles. The van der Waals surface area contributed by atoms with Crippen LogP contribution in [0.25, 0.3) is 0 Å². The topological polar surface area (TPSA) is 12.0 Å². The molecule has 0 spiro atoms. The van der Waals surface area contributed by atoms with Crippen LogP contribution in [0.2, 0.25) is 0 Å². The van der Waals surface area contributed by atoms with Gasteiger partial charge in [-0.05, 0) is 31.7 Å². The predicted octanol–water partition coefficient (Wildman–Crippen LogP) is 4.13. The predicted molar refractivity (Wildman–Crippen MR) is 68.2 cm³/mol. The first-order chi connectivity index (χ1) is 7.38. The molecule has 0 aliphatic carbocycles. The molecule has 1 nitrogen and oxygen atoms in total. The van der Waals surface area contributed by atoms with Gasteiger partial charge < -0.3 is 5.32 Å². The second kappa shape index (κ2) is 8.15. The van der Waals surface area contributed by atoms with E-state index in [1.807, 2.05) is 0 Å². The first-order valence-corrected chi connectivity index (χ1v) is 7.11. The van der Waals surface area contributed by atoms with Crippen molar-refractivity contribution in [3.63, 3.8) is 0 Å². The molecule has 15 heavy (non-hydrogen) atoms.